The van der Waals surface area contributed by atoms with Gasteiger partial charge >= 0.3 is 0 Å². The summed E-state index contributed by atoms with van der Waals surface area (Å²) in [5, 5.41) is 90.4. The normalized spacial score (nSPS) is 55.0. The Balaban J connectivity index is 1.79. The number of ether oxygens (including phenoxy) is 5. The Labute approximate surface area is 183 Å². The summed E-state index contributed by atoms with van der Waals surface area (Å²) in [6, 6.07) is 0. The third kappa shape index (κ3) is 4.94. The average Bonchev–Trinajstić information content (AvgIpc) is 2.76. The summed E-state index contributed by atoms with van der Waals surface area (Å²) in [6.45, 7) is 2.14. The molecule has 14 nitrogen and oxygen atoms in total. The van der Waals surface area contributed by atoms with E-state index in [1.807, 2.05) is 0 Å². The molecule has 0 saturated carbocycles. The fourth-order valence-electron chi connectivity index (χ4n) is 3.92. The SMILES string of the molecule is C[C@@H]1OC(O)[C@H](O[C@@H]2O[C@H](CO)[C@@H](O)[C@H](O)[C@H]2O)[C@H](O[C@@H]2O[C@H](C)[C@H](O)[C@H](O)[C@H]2O)[C@H]1O. The number of hydrogen-bond donors (Lipinski definition) is 9. The highest BCUT2D eigenvalue weighted by Crippen LogP contribution is 2.32. The molecule has 32 heavy (non-hydrogen) atoms. The second-order valence-corrected chi connectivity index (χ2v) is 8.30. The van der Waals surface area contributed by atoms with Crippen LogP contribution < -0.4 is 0 Å². The van der Waals surface area contributed by atoms with Crippen molar-refractivity contribution in [3.63, 3.8) is 0 Å². The molecular weight excluding hydrogens is 440 g/mol. The van der Waals surface area contributed by atoms with Crippen LogP contribution in [-0.2, 0) is 23.7 Å². The summed E-state index contributed by atoms with van der Waals surface area (Å²) >= 11 is 0. The van der Waals surface area contributed by atoms with Gasteiger partial charge in [0.2, 0.25) is 0 Å². The third-order valence-corrected chi connectivity index (χ3v) is 6.02. The van der Waals surface area contributed by atoms with Gasteiger partial charge in [-0.3, -0.25) is 0 Å². The Hall–Kier alpha value is -0.560. The van der Waals surface area contributed by atoms with Crippen LogP contribution in [0, 0.1) is 0 Å². The monoisotopic (exact) mass is 472 g/mol. The summed E-state index contributed by atoms with van der Waals surface area (Å²) in [5.41, 5.74) is 0. The Morgan fingerprint density at radius 3 is 1.66 bits per heavy atom. The topological polar surface area (TPSA) is 228 Å². The molecule has 3 rings (SSSR count). The Morgan fingerprint density at radius 1 is 0.562 bits per heavy atom. The Morgan fingerprint density at radius 2 is 1.06 bits per heavy atom. The zero-order valence-corrected chi connectivity index (χ0v) is 17.4. The molecule has 14 heteroatoms. The first-order valence-corrected chi connectivity index (χ1v) is 10.3. The molecule has 9 N–H and O–H groups in total. The van der Waals surface area contributed by atoms with Crippen LogP contribution in [0.25, 0.3) is 0 Å². The molecule has 0 aromatic rings. The van der Waals surface area contributed by atoms with Crippen molar-refractivity contribution in [1.29, 1.82) is 0 Å². The van der Waals surface area contributed by atoms with Gasteiger partial charge in [0.25, 0.3) is 0 Å². The largest absolute Gasteiger partial charge is 0.394 e. The van der Waals surface area contributed by atoms with E-state index >= 15 is 0 Å². The molecule has 3 fully saturated rings. The fourth-order valence-corrected chi connectivity index (χ4v) is 3.92. The zero-order valence-electron chi connectivity index (χ0n) is 17.4. The summed E-state index contributed by atoms with van der Waals surface area (Å²) in [6.07, 6.45) is -22.6. The van der Waals surface area contributed by atoms with E-state index in [-0.39, 0.29) is 0 Å². The average molecular weight is 472 g/mol. The number of rotatable bonds is 5. The van der Waals surface area contributed by atoms with Gasteiger partial charge in [0.05, 0.1) is 18.8 Å². The second kappa shape index (κ2) is 10.4. The van der Waals surface area contributed by atoms with Gasteiger partial charge < -0.3 is 69.6 Å². The molecule has 3 saturated heterocycles. The van der Waals surface area contributed by atoms with Gasteiger partial charge in [-0.1, -0.05) is 0 Å². The lowest BCUT2D eigenvalue weighted by Gasteiger charge is -2.47. The van der Waals surface area contributed by atoms with Crippen molar-refractivity contribution in [3.05, 3.63) is 0 Å². The first kappa shape index (κ1) is 26.1. The van der Waals surface area contributed by atoms with Gasteiger partial charge in [0.1, 0.15) is 61.0 Å². The van der Waals surface area contributed by atoms with E-state index in [2.05, 4.69) is 0 Å². The van der Waals surface area contributed by atoms with Gasteiger partial charge in [0, 0.05) is 0 Å². The molecule has 3 aliphatic rings. The van der Waals surface area contributed by atoms with Gasteiger partial charge in [-0.05, 0) is 13.8 Å². The first-order chi connectivity index (χ1) is 15.0. The van der Waals surface area contributed by atoms with E-state index in [0.717, 1.165) is 0 Å². The van der Waals surface area contributed by atoms with E-state index < -0.39 is 98.7 Å². The highest BCUT2D eigenvalue weighted by Gasteiger charge is 2.52. The number of hydrogen-bond acceptors (Lipinski definition) is 14. The van der Waals surface area contributed by atoms with Crippen LogP contribution in [0.15, 0.2) is 0 Å². The molecule has 3 aliphatic heterocycles. The fraction of sp³-hybridized carbons (Fsp3) is 1.00. The van der Waals surface area contributed by atoms with Crippen molar-refractivity contribution in [2.75, 3.05) is 6.61 Å². The van der Waals surface area contributed by atoms with Crippen LogP contribution in [0.4, 0.5) is 0 Å². The Kier molecular flexibility index (Phi) is 8.44. The second-order valence-electron chi connectivity index (χ2n) is 8.30. The van der Waals surface area contributed by atoms with E-state index in [4.69, 9.17) is 23.7 Å². The quantitative estimate of drug-likeness (QED) is 0.182. The minimum atomic E-state index is -1.80. The molecule has 188 valence electrons. The zero-order chi connectivity index (χ0) is 23.9. The van der Waals surface area contributed by atoms with Crippen LogP contribution in [0.3, 0.4) is 0 Å². The molecular formula is C18H32O14. The predicted molar refractivity (Wildman–Crippen MR) is 98.4 cm³/mol. The van der Waals surface area contributed by atoms with E-state index in [0.29, 0.717) is 0 Å². The lowest BCUT2D eigenvalue weighted by molar-refractivity contribution is -0.384. The van der Waals surface area contributed by atoms with Crippen molar-refractivity contribution < 1.29 is 69.6 Å². The first-order valence-electron chi connectivity index (χ1n) is 10.3. The molecule has 0 aromatic carbocycles. The lowest BCUT2D eigenvalue weighted by atomic mass is 9.96. The maximum atomic E-state index is 10.6. The van der Waals surface area contributed by atoms with Crippen molar-refractivity contribution >= 4 is 0 Å². The highest BCUT2D eigenvalue weighted by atomic mass is 16.8. The maximum absolute atomic E-state index is 10.6. The van der Waals surface area contributed by atoms with Crippen molar-refractivity contribution in [2.24, 2.45) is 0 Å². The molecule has 3 heterocycles. The van der Waals surface area contributed by atoms with Crippen LogP contribution in [-0.4, -0.2) is 145 Å². The lowest BCUT2D eigenvalue weighted by Crippen LogP contribution is -2.66. The standard InChI is InChI=1S/C18H32O14/c1-4-7(20)10(23)12(25)17(29-4)31-14-8(21)5(2)28-16(27)15(14)32-18-13(26)11(24)9(22)6(3-19)30-18/h4-27H,3H2,1-2H3/t4-,5+,6-,7+,8+,9-,10+,11+,12-,13-,14-,15-,16?,17+,18+/m1/s1. The van der Waals surface area contributed by atoms with E-state index in [1.165, 1.54) is 13.8 Å². The number of aliphatic hydroxyl groups is 9. The maximum Gasteiger partial charge on any atom is 0.187 e. The van der Waals surface area contributed by atoms with Crippen LogP contribution in [0.2, 0.25) is 0 Å². The molecule has 0 bridgehead atoms. The smallest absolute Gasteiger partial charge is 0.187 e. The summed E-state index contributed by atoms with van der Waals surface area (Å²) in [4.78, 5) is 0. The molecule has 15 atom stereocenters. The van der Waals surface area contributed by atoms with Gasteiger partial charge in [-0.2, -0.15) is 0 Å². The third-order valence-electron chi connectivity index (χ3n) is 6.02. The van der Waals surface area contributed by atoms with E-state index in [1.54, 1.807) is 0 Å². The van der Waals surface area contributed by atoms with Gasteiger partial charge in [-0.25, -0.2) is 0 Å². The minimum Gasteiger partial charge on any atom is -0.394 e. The minimum absolute atomic E-state index is 0.714. The molecule has 0 aliphatic carbocycles. The number of aliphatic hydroxyl groups excluding tert-OH is 9. The Bertz CT molecular complexity index is 608. The summed E-state index contributed by atoms with van der Waals surface area (Å²) in [5.74, 6) is 0. The predicted octanol–water partition coefficient (Wildman–Crippen LogP) is -5.52. The van der Waals surface area contributed by atoms with Crippen LogP contribution >= 0.6 is 0 Å². The van der Waals surface area contributed by atoms with Crippen LogP contribution in [0.5, 0.6) is 0 Å². The van der Waals surface area contributed by atoms with Gasteiger partial charge in [-0.15, -0.1) is 0 Å². The van der Waals surface area contributed by atoms with Crippen molar-refractivity contribution in [2.45, 2.75) is 106 Å². The van der Waals surface area contributed by atoms with E-state index in [9.17, 15) is 46.0 Å². The highest BCUT2D eigenvalue weighted by molar-refractivity contribution is 4.95. The van der Waals surface area contributed by atoms with Crippen LogP contribution in [0.1, 0.15) is 13.8 Å². The molecule has 0 aromatic heterocycles. The van der Waals surface area contributed by atoms with Crippen molar-refractivity contribution in [3.8, 4) is 0 Å². The van der Waals surface area contributed by atoms with Gasteiger partial charge in [0.15, 0.2) is 18.9 Å². The summed E-state index contributed by atoms with van der Waals surface area (Å²) in [7, 11) is 0. The van der Waals surface area contributed by atoms with Crippen molar-refractivity contribution in [1.82, 2.24) is 0 Å². The molecule has 1 unspecified atom stereocenters. The summed E-state index contributed by atoms with van der Waals surface area (Å²) < 4.78 is 27.0. The molecule has 0 amide bonds. The molecule has 0 radical (unpaired) electrons. The molecule has 0 spiro atoms.